The fourth-order valence-electron chi connectivity index (χ4n) is 0. The summed E-state index contributed by atoms with van der Waals surface area (Å²) in [7, 11) is 0. The Morgan fingerprint density at radius 1 is 1.27 bits per heavy atom. The molecule has 1 aliphatic heterocycles. The molecule has 11 heavy (non-hydrogen) atoms. The number of hydrogen-bond donors (Lipinski definition) is 4. The number of ether oxygens (including phenoxy) is 1. The number of primary amides is 2. The average molecular weight is 166 g/mol. The summed E-state index contributed by atoms with van der Waals surface area (Å²) < 4.78 is 4.50. The number of epoxide rings is 1. The quantitative estimate of drug-likeness (QED) is 0.337. The highest BCUT2D eigenvalue weighted by Gasteiger charge is 1.94. The molecule has 2 amide bonds. The van der Waals surface area contributed by atoms with Crippen molar-refractivity contribution in [1.82, 2.24) is 0 Å². The second kappa shape index (κ2) is 11.9. The number of hydrogen-bond acceptors (Lipinski definition) is 4. The van der Waals surface area contributed by atoms with Crippen molar-refractivity contribution in [3.63, 3.8) is 0 Å². The van der Waals surface area contributed by atoms with Crippen molar-refractivity contribution in [2.45, 2.75) is 0 Å². The first kappa shape index (κ1) is 12.8. The molecule has 1 fully saturated rings. The molecule has 1 aliphatic rings. The average Bonchev–Trinajstić information content (AvgIpc) is 2.70. The Morgan fingerprint density at radius 3 is 1.45 bits per heavy atom. The number of urea groups is 1. The molecule has 1 heterocycles. The van der Waals surface area contributed by atoms with Crippen LogP contribution in [0.1, 0.15) is 0 Å². The Kier molecular flexibility index (Phi) is 13.8. The first-order valence-corrected chi connectivity index (χ1v) is 2.99. The van der Waals surface area contributed by atoms with E-state index in [1.165, 1.54) is 0 Å². The SMILES string of the molecule is C1CO1.NC(N)=O.OCCO. The highest BCUT2D eigenvalue weighted by molar-refractivity contribution is 5.69. The normalized spacial score (nSPS) is 11.5. The second-order valence-corrected chi connectivity index (χ2v) is 1.46. The first-order valence-electron chi connectivity index (χ1n) is 2.99. The topological polar surface area (TPSA) is 122 Å². The Labute approximate surface area is 64.7 Å². The molecule has 0 aliphatic carbocycles. The first-order chi connectivity index (χ1) is 5.15. The minimum Gasteiger partial charge on any atom is -0.394 e. The molecule has 0 saturated carbocycles. The number of rotatable bonds is 1. The van der Waals surface area contributed by atoms with Crippen LogP contribution in [0.4, 0.5) is 4.79 Å². The van der Waals surface area contributed by atoms with E-state index in [1.807, 2.05) is 0 Å². The van der Waals surface area contributed by atoms with Gasteiger partial charge < -0.3 is 26.4 Å². The lowest BCUT2D eigenvalue weighted by Gasteiger charge is -1.70. The van der Waals surface area contributed by atoms with E-state index < -0.39 is 6.03 Å². The Bertz CT molecular complexity index is 77.8. The number of aliphatic hydroxyl groups is 2. The number of carbonyl (C=O) groups excluding carboxylic acids is 1. The van der Waals surface area contributed by atoms with Gasteiger partial charge in [0, 0.05) is 0 Å². The largest absolute Gasteiger partial charge is 0.394 e. The molecule has 1 saturated heterocycles. The van der Waals surface area contributed by atoms with Gasteiger partial charge in [-0.05, 0) is 0 Å². The van der Waals surface area contributed by atoms with E-state index in [4.69, 9.17) is 15.0 Å². The van der Waals surface area contributed by atoms with Crippen molar-refractivity contribution in [2.24, 2.45) is 11.5 Å². The van der Waals surface area contributed by atoms with Gasteiger partial charge >= 0.3 is 6.03 Å². The van der Waals surface area contributed by atoms with Crippen LogP contribution in [-0.2, 0) is 4.74 Å². The zero-order valence-electron chi connectivity index (χ0n) is 6.19. The van der Waals surface area contributed by atoms with Crippen LogP contribution in [0.5, 0.6) is 0 Å². The lowest BCUT2D eigenvalue weighted by molar-refractivity contribution is 0.186. The van der Waals surface area contributed by atoms with Gasteiger partial charge in [-0.3, -0.25) is 0 Å². The summed E-state index contributed by atoms with van der Waals surface area (Å²) in [6, 6.07) is -0.833. The van der Waals surface area contributed by atoms with Crippen LogP contribution in [0, 0.1) is 0 Å². The number of carbonyl (C=O) groups is 1. The molecule has 0 spiro atoms. The third-order valence-corrected chi connectivity index (χ3v) is 0.304. The van der Waals surface area contributed by atoms with Crippen LogP contribution in [0.2, 0.25) is 0 Å². The number of amides is 2. The predicted octanol–water partition coefficient (Wildman–Crippen LogP) is -1.99. The molecule has 0 aromatic heterocycles. The van der Waals surface area contributed by atoms with Gasteiger partial charge in [0.05, 0.1) is 26.4 Å². The summed E-state index contributed by atoms with van der Waals surface area (Å²) in [5.74, 6) is 0. The molecule has 0 aromatic carbocycles. The maximum absolute atomic E-state index is 9.00. The van der Waals surface area contributed by atoms with Gasteiger partial charge in [0.25, 0.3) is 0 Å². The molecule has 0 bridgehead atoms. The predicted molar refractivity (Wildman–Crippen MR) is 38.8 cm³/mol. The van der Waals surface area contributed by atoms with Gasteiger partial charge in [-0.15, -0.1) is 0 Å². The number of aliphatic hydroxyl groups excluding tert-OH is 2. The molecular formula is C5H14N2O4. The van der Waals surface area contributed by atoms with E-state index in [0.717, 1.165) is 13.2 Å². The van der Waals surface area contributed by atoms with Crippen molar-refractivity contribution in [2.75, 3.05) is 26.4 Å². The van der Waals surface area contributed by atoms with Crippen LogP contribution in [0.15, 0.2) is 0 Å². The van der Waals surface area contributed by atoms with Crippen LogP contribution in [-0.4, -0.2) is 42.7 Å². The summed E-state index contributed by atoms with van der Waals surface area (Å²) in [4.78, 5) is 9.00. The molecule has 1 rings (SSSR count). The highest BCUT2D eigenvalue weighted by Crippen LogP contribution is 1.84. The van der Waals surface area contributed by atoms with Gasteiger partial charge in [0.2, 0.25) is 0 Å². The zero-order valence-corrected chi connectivity index (χ0v) is 6.19. The minimum absolute atomic E-state index is 0.125. The molecule has 0 radical (unpaired) electrons. The Morgan fingerprint density at radius 2 is 1.45 bits per heavy atom. The number of nitrogens with two attached hydrogens (primary N) is 2. The smallest absolute Gasteiger partial charge is 0.309 e. The zero-order chi connectivity index (χ0) is 9.11. The lowest BCUT2D eigenvalue weighted by atomic mass is 10.8. The van der Waals surface area contributed by atoms with E-state index in [-0.39, 0.29) is 13.2 Å². The van der Waals surface area contributed by atoms with E-state index in [1.54, 1.807) is 0 Å². The van der Waals surface area contributed by atoms with Crippen LogP contribution < -0.4 is 11.5 Å². The van der Waals surface area contributed by atoms with Gasteiger partial charge in [-0.2, -0.15) is 0 Å². The minimum atomic E-state index is -0.833. The maximum atomic E-state index is 9.00. The molecular weight excluding hydrogens is 152 g/mol. The van der Waals surface area contributed by atoms with Crippen LogP contribution in [0.3, 0.4) is 0 Å². The maximum Gasteiger partial charge on any atom is 0.309 e. The molecule has 0 aromatic rings. The van der Waals surface area contributed by atoms with Crippen molar-refractivity contribution in [1.29, 1.82) is 0 Å². The van der Waals surface area contributed by atoms with E-state index >= 15 is 0 Å². The summed E-state index contributed by atoms with van der Waals surface area (Å²) in [5.41, 5.74) is 8.50. The van der Waals surface area contributed by atoms with Crippen molar-refractivity contribution >= 4 is 6.03 Å². The van der Waals surface area contributed by atoms with E-state index in [9.17, 15) is 0 Å². The van der Waals surface area contributed by atoms with Gasteiger partial charge in [0.1, 0.15) is 0 Å². The van der Waals surface area contributed by atoms with Crippen LogP contribution in [0.25, 0.3) is 0 Å². The molecule has 68 valence electrons. The second-order valence-electron chi connectivity index (χ2n) is 1.46. The molecule has 6 heteroatoms. The van der Waals surface area contributed by atoms with Crippen molar-refractivity contribution < 1.29 is 19.7 Å². The highest BCUT2D eigenvalue weighted by atomic mass is 16.6. The molecule has 0 unspecified atom stereocenters. The fourth-order valence-corrected chi connectivity index (χ4v) is 0. The molecule has 6 nitrogen and oxygen atoms in total. The molecule has 0 atom stereocenters. The lowest BCUT2D eigenvalue weighted by Crippen LogP contribution is -2.18. The fraction of sp³-hybridized carbons (Fsp3) is 0.800. The summed E-state index contributed by atoms with van der Waals surface area (Å²) in [5, 5.41) is 15.2. The monoisotopic (exact) mass is 166 g/mol. The Hall–Kier alpha value is -0.850. The third kappa shape index (κ3) is 354. The summed E-state index contributed by atoms with van der Waals surface area (Å²) in [6.07, 6.45) is 0. The van der Waals surface area contributed by atoms with Crippen molar-refractivity contribution in [3.05, 3.63) is 0 Å². The van der Waals surface area contributed by atoms with Gasteiger partial charge in [-0.25, -0.2) is 4.79 Å². The standard InChI is InChI=1S/C2H6O2.C2H4O.CH4N2O/c3-1-2-4;1-2-3-1;2-1(3)4/h3-4H,1-2H2;1-2H2;(H4,2,3,4). The van der Waals surface area contributed by atoms with E-state index in [2.05, 4.69) is 16.2 Å². The van der Waals surface area contributed by atoms with Gasteiger partial charge in [-0.1, -0.05) is 0 Å². The van der Waals surface area contributed by atoms with E-state index in [0.29, 0.717) is 0 Å². The summed E-state index contributed by atoms with van der Waals surface area (Å²) >= 11 is 0. The van der Waals surface area contributed by atoms with Gasteiger partial charge in [0.15, 0.2) is 0 Å². The summed E-state index contributed by atoms with van der Waals surface area (Å²) in [6.45, 7) is 1.75. The Balaban J connectivity index is 0. The molecule has 6 N–H and O–H groups in total. The third-order valence-electron chi connectivity index (χ3n) is 0.304. The van der Waals surface area contributed by atoms with Crippen LogP contribution >= 0.6 is 0 Å². The van der Waals surface area contributed by atoms with Crippen molar-refractivity contribution in [3.8, 4) is 0 Å².